The van der Waals surface area contributed by atoms with Crippen LogP contribution in [0.4, 0.5) is 0 Å². The zero-order chi connectivity index (χ0) is 18.9. The fourth-order valence-corrected chi connectivity index (χ4v) is 4.58. The maximum Gasteiger partial charge on any atom is 0.224 e. The number of nitrogens with zero attached hydrogens (tertiary/aromatic N) is 1. The van der Waals surface area contributed by atoms with Crippen molar-refractivity contribution >= 4 is 16.8 Å². The molecule has 5 heteroatoms. The summed E-state index contributed by atoms with van der Waals surface area (Å²) in [6, 6.07) is 19.1. The van der Waals surface area contributed by atoms with E-state index in [2.05, 4.69) is 45.5 Å². The highest BCUT2D eigenvalue weighted by molar-refractivity contribution is 5.88. The Labute approximate surface area is 164 Å². The predicted octanol–water partition coefficient (Wildman–Crippen LogP) is 3.04. The average Bonchev–Trinajstić information content (AvgIpc) is 3.31. The average molecular weight is 375 g/mol. The SMILES string of the molecule is O=C(Cc1c[nH]c2ccccc12)N[C@H]1C[C@H]2CO[C@@H](c3ccccc3)CN2C1. The van der Waals surface area contributed by atoms with E-state index >= 15 is 0 Å². The van der Waals surface area contributed by atoms with Crippen molar-refractivity contribution in [1.29, 1.82) is 0 Å². The standard InChI is InChI=1S/C23H25N3O2/c27-23(10-17-12-24-21-9-5-4-8-20(17)21)25-18-11-19-15-28-22(14-26(19)13-18)16-6-2-1-3-7-16/h1-9,12,18-19,22,24H,10-11,13-15H2,(H,25,27)/t18-,19-,22+/m0/s1. The monoisotopic (exact) mass is 375 g/mol. The maximum absolute atomic E-state index is 12.6. The van der Waals surface area contributed by atoms with E-state index in [0.29, 0.717) is 12.5 Å². The largest absolute Gasteiger partial charge is 0.371 e. The van der Waals surface area contributed by atoms with Gasteiger partial charge in [0.1, 0.15) is 0 Å². The van der Waals surface area contributed by atoms with Gasteiger partial charge in [0.25, 0.3) is 0 Å². The van der Waals surface area contributed by atoms with Gasteiger partial charge in [-0.3, -0.25) is 9.69 Å². The molecule has 1 aromatic heterocycles. The number of rotatable bonds is 4. The molecule has 2 aliphatic rings. The van der Waals surface area contributed by atoms with E-state index in [1.165, 1.54) is 5.56 Å². The van der Waals surface area contributed by atoms with Crippen molar-refractivity contribution in [3.8, 4) is 0 Å². The quantitative estimate of drug-likeness (QED) is 0.737. The summed E-state index contributed by atoms with van der Waals surface area (Å²) in [4.78, 5) is 18.3. The van der Waals surface area contributed by atoms with E-state index < -0.39 is 0 Å². The van der Waals surface area contributed by atoms with Crippen molar-refractivity contribution in [2.75, 3.05) is 19.7 Å². The lowest BCUT2D eigenvalue weighted by molar-refractivity contribution is -0.121. The molecule has 0 aliphatic carbocycles. The number of ether oxygens (including phenoxy) is 1. The fourth-order valence-electron chi connectivity index (χ4n) is 4.58. The second-order valence-corrected chi connectivity index (χ2v) is 7.88. The molecule has 2 saturated heterocycles. The van der Waals surface area contributed by atoms with Crippen LogP contribution in [0.25, 0.3) is 10.9 Å². The number of amides is 1. The number of carbonyl (C=O) groups excluding carboxylic acids is 1. The Hall–Kier alpha value is -2.63. The Balaban J connectivity index is 1.19. The van der Waals surface area contributed by atoms with Gasteiger partial charge in [0.15, 0.2) is 0 Å². The Morgan fingerprint density at radius 2 is 1.93 bits per heavy atom. The lowest BCUT2D eigenvalue weighted by atomic mass is 10.1. The molecule has 0 unspecified atom stereocenters. The number of nitrogens with one attached hydrogen (secondary N) is 2. The molecule has 2 fully saturated rings. The highest BCUT2D eigenvalue weighted by atomic mass is 16.5. The fraction of sp³-hybridized carbons (Fsp3) is 0.348. The molecule has 28 heavy (non-hydrogen) atoms. The summed E-state index contributed by atoms with van der Waals surface area (Å²) < 4.78 is 6.11. The zero-order valence-electron chi connectivity index (χ0n) is 15.8. The van der Waals surface area contributed by atoms with E-state index in [9.17, 15) is 4.79 Å². The van der Waals surface area contributed by atoms with Gasteiger partial charge in [0, 0.05) is 42.3 Å². The number of H-pyrrole nitrogens is 1. The van der Waals surface area contributed by atoms with Crippen molar-refractivity contribution in [1.82, 2.24) is 15.2 Å². The summed E-state index contributed by atoms with van der Waals surface area (Å²) in [6.07, 6.45) is 3.44. The minimum Gasteiger partial charge on any atom is -0.371 e. The zero-order valence-corrected chi connectivity index (χ0v) is 15.8. The molecule has 0 saturated carbocycles. The van der Waals surface area contributed by atoms with Crippen LogP contribution in [0.5, 0.6) is 0 Å². The Kier molecular flexibility index (Phi) is 4.63. The van der Waals surface area contributed by atoms with E-state index in [0.717, 1.165) is 42.6 Å². The van der Waals surface area contributed by atoms with Gasteiger partial charge in [-0.25, -0.2) is 0 Å². The van der Waals surface area contributed by atoms with Gasteiger partial charge in [0.05, 0.1) is 19.1 Å². The first-order chi connectivity index (χ1) is 13.8. The second kappa shape index (κ2) is 7.41. The lowest BCUT2D eigenvalue weighted by Gasteiger charge is -2.35. The Morgan fingerprint density at radius 1 is 1.11 bits per heavy atom. The third-order valence-electron chi connectivity index (χ3n) is 5.98. The highest BCUT2D eigenvalue weighted by Gasteiger charge is 2.38. The molecule has 3 heterocycles. The number of aromatic amines is 1. The first-order valence-corrected chi connectivity index (χ1v) is 10.0. The number of aromatic nitrogens is 1. The molecule has 0 radical (unpaired) electrons. The third-order valence-corrected chi connectivity index (χ3v) is 5.98. The molecule has 5 rings (SSSR count). The number of para-hydroxylation sites is 1. The van der Waals surface area contributed by atoms with E-state index in [1.807, 2.05) is 30.5 Å². The third kappa shape index (κ3) is 3.43. The first kappa shape index (κ1) is 17.5. The molecule has 3 atom stereocenters. The van der Waals surface area contributed by atoms with Crippen molar-refractivity contribution < 1.29 is 9.53 Å². The summed E-state index contributed by atoms with van der Waals surface area (Å²) in [5, 5.41) is 4.37. The highest BCUT2D eigenvalue weighted by Crippen LogP contribution is 2.30. The lowest BCUT2D eigenvalue weighted by Crippen LogP contribution is -2.43. The van der Waals surface area contributed by atoms with Gasteiger partial charge in [-0.1, -0.05) is 48.5 Å². The van der Waals surface area contributed by atoms with Crippen LogP contribution in [-0.2, 0) is 16.0 Å². The molecular weight excluding hydrogens is 350 g/mol. The van der Waals surface area contributed by atoms with Crippen molar-refractivity contribution in [2.24, 2.45) is 0 Å². The molecule has 1 amide bonds. The van der Waals surface area contributed by atoms with E-state index in [4.69, 9.17) is 4.74 Å². The topological polar surface area (TPSA) is 57.4 Å². The van der Waals surface area contributed by atoms with Crippen LogP contribution >= 0.6 is 0 Å². The minimum atomic E-state index is 0.0927. The number of hydrogen-bond acceptors (Lipinski definition) is 3. The molecular formula is C23H25N3O2. The van der Waals surface area contributed by atoms with Crippen LogP contribution < -0.4 is 5.32 Å². The molecule has 3 aromatic rings. The summed E-state index contributed by atoms with van der Waals surface area (Å²) in [7, 11) is 0. The van der Waals surface area contributed by atoms with Crippen LogP contribution in [0.3, 0.4) is 0 Å². The molecule has 2 N–H and O–H groups in total. The van der Waals surface area contributed by atoms with Gasteiger partial charge >= 0.3 is 0 Å². The van der Waals surface area contributed by atoms with Crippen LogP contribution in [-0.4, -0.2) is 47.6 Å². The Morgan fingerprint density at radius 3 is 2.82 bits per heavy atom. The number of hydrogen-bond donors (Lipinski definition) is 2. The van der Waals surface area contributed by atoms with Gasteiger partial charge < -0.3 is 15.0 Å². The summed E-state index contributed by atoms with van der Waals surface area (Å²) >= 11 is 0. The molecule has 2 aromatic carbocycles. The van der Waals surface area contributed by atoms with E-state index in [1.54, 1.807) is 0 Å². The van der Waals surface area contributed by atoms with Crippen molar-refractivity contribution in [2.45, 2.75) is 31.0 Å². The molecule has 144 valence electrons. The smallest absolute Gasteiger partial charge is 0.224 e. The summed E-state index contributed by atoms with van der Waals surface area (Å²) in [5.74, 6) is 0.0927. The van der Waals surface area contributed by atoms with Crippen molar-refractivity contribution in [3.63, 3.8) is 0 Å². The first-order valence-electron chi connectivity index (χ1n) is 10.0. The molecule has 5 nitrogen and oxygen atoms in total. The number of carbonyl (C=O) groups is 1. The number of fused-ring (bicyclic) bond motifs is 2. The Bertz CT molecular complexity index is 968. The summed E-state index contributed by atoms with van der Waals surface area (Å²) in [5.41, 5.74) is 3.36. The van der Waals surface area contributed by atoms with Crippen LogP contribution in [0.1, 0.15) is 23.7 Å². The number of morpholine rings is 1. The molecule has 0 bridgehead atoms. The minimum absolute atomic E-state index is 0.0927. The summed E-state index contributed by atoms with van der Waals surface area (Å²) in [6.45, 7) is 2.52. The van der Waals surface area contributed by atoms with E-state index in [-0.39, 0.29) is 18.1 Å². The van der Waals surface area contributed by atoms with Gasteiger partial charge in [0.2, 0.25) is 5.91 Å². The molecule has 0 spiro atoms. The second-order valence-electron chi connectivity index (χ2n) is 7.88. The van der Waals surface area contributed by atoms with Crippen LogP contribution in [0, 0.1) is 0 Å². The van der Waals surface area contributed by atoms with Crippen LogP contribution in [0.15, 0.2) is 60.8 Å². The van der Waals surface area contributed by atoms with Gasteiger partial charge in [-0.2, -0.15) is 0 Å². The predicted molar refractivity (Wildman–Crippen MR) is 109 cm³/mol. The molecule has 2 aliphatic heterocycles. The van der Waals surface area contributed by atoms with Crippen molar-refractivity contribution in [3.05, 3.63) is 71.9 Å². The van der Waals surface area contributed by atoms with Gasteiger partial charge in [-0.05, 0) is 23.6 Å². The van der Waals surface area contributed by atoms with Gasteiger partial charge in [-0.15, -0.1) is 0 Å². The normalized spacial score (nSPS) is 24.9. The maximum atomic E-state index is 12.6. The van der Waals surface area contributed by atoms with Crippen LogP contribution in [0.2, 0.25) is 0 Å². The number of benzene rings is 2.